The van der Waals surface area contributed by atoms with Crippen LogP contribution in [0.1, 0.15) is 0 Å². The van der Waals surface area contributed by atoms with Gasteiger partial charge in [0.15, 0.2) is 11.5 Å². The zero-order valence-electron chi connectivity index (χ0n) is 16.6. The Morgan fingerprint density at radius 3 is 2.25 bits per heavy atom. The molecule has 0 atom stereocenters. The molecule has 2 aromatic carbocycles. The molecule has 12 heteroatoms. The molecule has 3 rings (SSSR count). The first-order valence-electron chi connectivity index (χ1n) is 8.78. The fourth-order valence-corrected chi connectivity index (χ4v) is 4.48. The number of alkyl halides is 3. The van der Waals surface area contributed by atoms with Crippen LogP contribution in [-0.4, -0.2) is 34.0 Å². The summed E-state index contributed by atoms with van der Waals surface area (Å²) in [6, 6.07) is 9.71. The molecule has 170 valence electrons. The fraction of sp³-hybridized carbons (Fsp3) is 0.150. The predicted molar refractivity (Wildman–Crippen MR) is 114 cm³/mol. The second-order valence-electron chi connectivity index (χ2n) is 6.28. The standard InChI is InChI=1S/C20H16BrF3N2O5S/c1-29-16-5-3-12(8-18(16)30-2)13-7-15(11-25-10-13)26-32(27,28)19-9-14(21)4-6-17(19)31-20(22,23)24/h3-11,26H,1-2H3. The summed E-state index contributed by atoms with van der Waals surface area (Å²) in [5.74, 6) is 0.101. The van der Waals surface area contributed by atoms with E-state index in [0.717, 1.165) is 12.1 Å². The fourth-order valence-electron chi connectivity index (χ4n) is 2.78. The summed E-state index contributed by atoms with van der Waals surface area (Å²) in [6.07, 6.45) is -2.34. The van der Waals surface area contributed by atoms with E-state index < -0.39 is 27.0 Å². The van der Waals surface area contributed by atoms with E-state index in [-0.39, 0.29) is 10.2 Å². The first kappa shape index (κ1) is 23.7. The number of hydrogen-bond acceptors (Lipinski definition) is 6. The summed E-state index contributed by atoms with van der Waals surface area (Å²) in [5.41, 5.74) is 1.22. The summed E-state index contributed by atoms with van der Waals surface area (Å²) in [6.45, 7) is 0. The predicted octanol–water partition coefficient (Wildman–Crippen LogP) is 5.23. The minimum absolute atomic E-state index is 0.0372. The Hall–Kier alpha value is -2.99. The lowest BCUT2D eigenvalue weighted by Gasteiger charge is -2.15. The van der Waals surface area contributed by atoms with Crippen LogP contribution in [0.3, 0.4) is 0 Å². The number of aromatic nitrogens is 1. The summed E-state index contributed by atoms with van der Waals surface area (Å²) >= 11 is 3.06. The minimum atomic E-state index is -5.06. The van der Waals surface area contributed by atoms with E-state index in [1.54, 1.807) is 18.2 Å². The Bertz CT molecular complexity index is 1240. The lowest BCUT2D eigenvalue weighted by Crippen LogP contribution is -2.21. The molecule has 0 unspecified atom stereocenters. The van der Waals surface area contributed by atoms with E-state index in [0.29, 0.717) is 22.6 Å². The van der Waals surface area contributed by atoms with E-state index in [4.69, 9.17) is 9.47 Å². The zero-order valence-corrected chi connectivity index (χ0v) is 19.0. The number of ether oxygens (including phenoxy) is 3. The third kappa shape index (κ3) is 5.62. The highest BCUT2D eigenvalue weighted by Crippen LogP contribution is 2.35. The van der Waals surface area contributed by atoms with Gasteiger partial charge in [-0.2, -0.15) is 0 Å². The highest BCUT2D eigenvalue weighted by atomic mass is 79.9. The summed E-state index contributed by atoms with van der Waals surface area (Å²) in [4.78, 5) is 3.32. The summed E-state index contributed by atoms with van der Waals surface area (Å²) < 4.78 is 80.7. The monoisotopic (exact) mass is 532 g/mol. The largest absolute Gasteiger partial charge is 0.573 e. The highest BCUT2D eigenvalue weighted by Gasteiger charge is 2.34. The number of sulfonamides is 1. The van der Waals surface area contributed by atoms with E-state index in [1.807, 2.05) is 0 Å². The number of methoxy groups -OCH3 is 2. The number of hydrogen-bond donors (Lipinski definition) is 1. The Labute approximate surface area is 190 Å². The van der Waals surface area contributed by atoms with Gasteiger partial charge in [0.2, 0.25) is 0 Å². The van der Waals surface area contributed by atoms with Gasteiger partial charge in [-0.15, -0.1) is 13.2 Å². The number of rotatable bonds is 7. The topological polar surface area (TPSA) is 86.8 Å². The first-order chi connectivity index (χ1) is 15.0. The van der Waals surface area contributed by atoms with Gasteiger partial charge in [0.05, 0.1) is 26.1 Å². The second kappa shape index (κ2) is 9.25. The normalized spacial score (nSPS) is 11.7. The maximum Gasteiger partial charge on any atom is 0.573 e. The molecule has 1 aromatic heterocycles. The Kier molecular flexibility index (Phi) is 6.84. The van der Waals surface area contributed by atoms with Crippen molar-refractivity contribution < 1.29 is 35.8 Å². The van der Waals surface area contributed by atoms with Crippen molar-refractivity contribution in [3.8, 4) is 28.4 Å². The number of anilines is 1. The van der Waals surface area contributed by atoms with Gasteiger partial charge in [0, 0.05) is 16.2 Å². The SMILES string of the molecule is COc1ccc(-c2cncc(NS(=O)(=O)c3cc(Br)ccc3OC(F)(F)F)c2)cc1OC. The van der Waals surface area contributed by atoms with Gasteiger partial charge in [-0.05, 0) is 42.0 Å². The molecular formula is C20H16BrF3N2O5S. The first-order valence-corrected chi connectivity index (χ1v) is 11.1. The van der Waals surface area contributed by atoms with E-state index in [1.165, 1.54) is 38.7 Å². The Balaban J connectivity index is 1.96. The summed E-state index contributed by atoms with van der Waals surface area (Å²) in [7, 11) is -1.48. The molecule has 0 aliphatic rings. The van der Waals surface area contributed by atoms with Gasteiger partial charge in [-0.25, -0.2) is 8.42 Å². The number of pyridine rings is 1. The van der Waals surface area contributed by atoms with Crippen molar-refractivity contribution in [3.63, 3.8) is 0 Å². The maximum absolute atomic E-state index is 12.8. The molecule has 32 heavy (non-hydrogen) atoms. The molecule has 0 radical (unpaired) electrons. The Morgan fingerprint density at radius 2 is 1.59 bits per heavy atom. The van der Waals surface area contributed by atoms with E-state index in [9.17, 15) is 21.6 Å². The number of nitrogens with zero attached hydrogens (tertiary/aromatic N) is 1. The molecule has 0 fully saturated rings. The van der Waals surface area contributed by atoms with Crippen LogP contribution in [0.4, 0.5) is 18.9 Å². The zero-order chi connectivity index (χ0) is 23.5. The van der Waals surface area contributed by atoms with Gasteiger partial charge < -0.3 is 14.2 Å². The number of benzene rings is 2. The van der Waals surface area contributed by atoms with Gasteiger partial charge in [-0.3, -0.25) is 9.71 Å². The lowest BCUT2D eigenvalue weighted by molar-refractivity contribution is -0.275. The molecule has 0 amide bonds. The molecule has 0 spiro atoms. The van der Waals surface area contributed by atoms with Crippen molar-refractivity contribution in [1.82, 2.24) is 4.98 Å². The molecule has 0 saturated carbocycles. The van der Waals surface area contributed by atoms with Crippen molar-refractivity contribution in [1.29, 1.82) is 0 Å². The third-order valence-electron chi connectivity index (χ3n) is 4.13. The molecule has 0 aliphatic carbocycles. The quantitative estimate of drug-likeness (QED) is 0.448. The van der Waals surface area contributed by atoms with Crippen molar-refractivity contribution in [2.24, 2.45) is 0 Å². The molecule has 3 aromatic rings. The van der Waals surface area contributed by atoms with Crippen LogP contribution >= 0.6 is 15.9 Å². The number of nitrogens with one attached hydrogen (secondary N) is 1. The van der Waals surface area contributed by atoms with Crippen LogP contribution in [-0.2, 0) is 10.0 Å². The molecular weight excluding hydrogens is 517 g/mol. The average Bonchev–Trinajstić information content (AvgIpc) is 2.73. The lowest BCUT2D eigenvalue weighted by atomic mass is 10.1. The van der Waals surface area contributed by atoms with Gasteiger partial charge in [-0.1, -0.05) is 22.0 Å². The smallest absolute Gasteiger partial charge is 0.493 e. The van der Waals surface area contributed by atoms with Gasteiger partial charge in [0.25, 0.3) is 10.0 Å². The van der Waals surface area contributed by atoms with E-state index in [2.05, 4.69) is 30.4 Å². The molecule has 1 heterocycles. The highest BCUT2D eigenvalue weighted by molar-refractivity contribution is 9.10. The van der Waals surface area contributed by atoms with Crippen LogP contribution in [0.5, 0.6) is 17.2 Å². The van der Waals surface area contributed by atoms with Crippen LogP contribution in [0, 0.1) is 0 Å². The molecule has 0 bridgehead atoms. The summed E-state index contributed by atoms with van der Waals surface area (Å²) in [5, 5.41) is 0. The molecule has 0 aliphatic heterocycles. The van der Waals surface area contributed by atoms with Crippen LogP contribution in [0.2, 0.25) is 0 Å². The average molecular weight is 533 g/mol. The molecule has 7 nitrogen and oxygen atoms in total. The van der Waals surface area contributed by atoms with Crippen molar-refractivity contribution in [3.05, 3.63) is 59.3 Å². The van der Waals surface area contributed by atoms with Gasteiger partial charge in [0.1, 0.15) is 10.6 Å². The second-order valence-corrected chi connectivity index (χ2v) is 8.84. The van der Waals surface area contributed by atoms with E-state index >= 15 is 0 Å². The molecule has 0 saturated heterocycles. The number of halogens is 4. The van der Waals surface area contributed by atoms with Crippen molar-refractivity contribution >= 4 is 31.6 Å². The Morgan fingerprint density at radius 1 is 0.906 bits per heavy atom. The van der Waals surface area contributed by atoms with Crippen LogP contribution in [0.25, 0.3) is 11.1 Å². The third-order valence-corrected chi connectivity index (χ3v) is 6.02. The molecule has 1 N–H and O–H groups in total. The van der Waals surface area contributed by atoms with Crippen molar-refractivity contribution in [2.75, 3.05) is 18.9 Å². The van der Waals surface area contributed by atoms with Crippen molar-refractivity contribution in [2.45, 2.75) is 11.3 Å². The van der Waals surface area contributed by atoms with Gasteiger partial charge >= 0.3 is 6.36 Å². The van der Waals surface area contributed by atoms with Crippen LogP contribution < -0.4 is 18.9 Å². The minimum Gasteiger partial charge on any atom is -0.493 e. The van der Waals surface area contributed by atoms with Crippen LogP contribution in [0.15, 0.2) is 64.2 Å². The maximum atomic E-state index is 12.8.